The van der Waals surface area contributed by atoms with Gasteiger partial charge in [-0.05, 0) is 61.0 Å². The van der Waals surface area contributed by atoms with Crippen LogP contribution in [-0.2, 0) is 14.4 Å². The van der Waals surface area contributed by atoms with Gasteiger partial charge in [0.25, 0.3) is 5.91 Å². The van der Waals surface area contributed by atoms with Crippen molar-refractivity contribution in [2.75, 3.05) is 16.6 Å². The van der Waals surface area contributed by atoms with E-state index >= 15 is 0 Å². The second kappa shape index (κ2) is 8.22. The van der Waals surface area contributed by atoms with E-state index in [-0.39, 0.29) is 17.2 Å². The second-order valence-corrected chi connectivity index (χ2v) is 7.81. The van der Waals surface area contributed by atoms with E-state index in [1.165, 1.54) is 30.3 Å². The van der Waals surface area contributed by atoms with Gasteiger partial charge in [0.2, 0.25) is 5.91 Å². The van der Waals surface area contributed by atoms with Crippen molar-refractivity contribution in [1.82, 2.24) is 0 Å². The van der Waals surface area contributed by atoms with Crippen molar-refractivity contribution >= 4 is 23.2 Å². The Labute approximate surface area is 189 Å². The van der Waals surface area contributed by atoms with Gasteiger partial charge in [0.05, 0.1) is 24.0 Å². The molecule has 2 fully saturated rings. The average molecular weight is 448 g/mol. The Balaban J connectivity index is 1.59. The first-order valence-corrected chi connectivity index (χ1v) is 10.6. The number of rotatable bonds is 5. The molecule has 2 heterocycles. The first-order valence-electron chi connectivity index (χ1n) is 10.6. The van der Waals surface area contributed by atoms with Crippen molar-refractivity contribution in [2.24, 2.45) is 5.92 Å². The molecule has 3 atom stereocenters. The number of anilines is 2. The highest BCUT2D eigenvalue weighted by Gasteiger charge is 2.60. The lowest BCUT2D eigenvalue weighted by Crippen LogP contribution is -2.37. The number of benzene rings is 3. The Kier molecular flexibility index (Phi) is 5.22. The summed E-state index contributed by atoms with van der Waals surface area (Å²) in [4.78, 5) is 33.9. The Morgan fingerprint density at radius 2 is 1.70 bits per heavy atom. The molecule has 0 bridgehead atoms. The van der Waals surface area contributed by atoms with Gasteiger partial charge in [-0.1, -0.05) is 24.3 Å². The maximum atomic E-state index is 13.5. The maximum absolute atomic E-state index is 13.5. The standard InChI is InChI=1S/C25H21FN2O5/c1-2-32-20-14-15(8-13-19(20)29)22-21-23(33-28(22)18-6-4-3-5-7-18)25(31)27(24(21)30)17-11-9-16(26)10-12-17/h3-14,21-23,29H,2H2,1H3/t21-,22-,23-/m1/s1. The molecule has 2 aliphatic rings. The first-order chi connectivity index (χ1) is 16.0. The summed E-state index contributed by atoms with van der Waals surface area (Å²) in [5.74, 6) is -2.01. The van der Waals surface area contributed by atoms with Crippen molar-refractivity contribution in [3.63, 3.8) is 0 Å². The highest BCUT2D eigenvalue weighted by atomic mass is 19.1. The number of phenolic OH excluding ortho intramolecular Hbond substituents is 1. The summed E-state index contributed by atoms with van der Waals surface area (Å²) in [7, 11) is 0. The highest BCUT2D eigenvalue weighted by molar-refractivity contribution is 6.23. The Morgan fingerprint density at radius 1 is 0.970 bits per heavy atom. The van der Waals surface area contributed by atoms with Gasteiger partial charge in [0, 0.05) is 0 Å². The van der Waals surface area contributed by atoms with Gasteiger partial charge < -0.3 is 9.84 Å². The normalized spacial score (nSPS) is 22.1. The number of aromatic hydroxyl groups is 1. The number of carbonyl (C=O) groups is 2. The Hall–Kier alpha value is -3.91. The van der Waals surface area contributed by atoms with Crippen LogP contribution in [0.5, 0.6) is 11.5 Å². The molecule has 2 aliphatic heterocycles. The van der Waals surface area contributed by atoms with Gasteiger partial charge in [-0.25, -0.2) is 14.4 Å². The maximum Gasteiger partial charge on any atom is 0.266 e. The summed E-state index contributed by atoms with van der Waals surface area (Å²) in [5, 5.41) is 11.7. The fourth-order valence-electron chi connectivity index (χ4n) is 4.38. The third-order valence-electron chi connectivity index (χ3n) is 5.84. The van der Waals surface area contributed by atoms with Gasteiger partial charge in [-0.15, -0.1) is 0 Å². The number of para-hydroxylation sites is 1. The SMILES string of the molecule is CCOc1cc([C@@H]2[C@H]3C(=O)N(c4ccc(F)cc4)C(=O)[C@@H]3ON2c2ccccc2)ccc1O. The zero-order chi connectivity index (χ0) is 23.1. The molecule has 0 aromatic heterocycles. The van der Waals surface area contributed by atoms with Crippen LogP contribution in [0, 0.1) is 11.7 Å². The average Bonchev–Trinajstić information content (AvgIpc) is 3.33. The number of hydroxylamine groups is 1. The molecule has 33 heavy (non-hydrogen) atoms. The van der Waals surface area contributed by atoms with Gasteiger partial charge in [-0.3, -0.25) is 14.4 Å². The predicted molar refractivity (Wildman–Crippen MR) is 118 cm³/mol. The van der Waals surface area contributed by atoms with E-state index in [0.717, 1.165) is 4.90 Å². The number of fused-ring (bicyclic) bond motifs is 1. The van der Waals surface area contributed by atoms with E-state index in [0.29, 0.717) is 17.9 Å². The summed E-state index contributed by atoms with van der Waals surface area (Å²) < 4.78 is 18.9. The summed E-state index contributed by atoms with van der Waals surface area (Å²) in [6, 6.07) is 18.5. The van der Waals surface area contributed by atoms with Gasteiger partial charge >= 0.3 is 0 Å². The third kappa shape index (κ3) is 3.48. The van der Waals surface area contributed by atoms with E-state index in [9.17, 15) is 19.1 Å². The van der Waals surface area contributed by atoms with Gasteiger partial charge in [0.15, 0.2) is 17.6 Å². The minimum absolute atomic E-state index is 0.0240. The molecule has 1 N–H and O–H groups in total. The number of amides is 2. The molecule has 0 saturated carbocycles. The van der Waals surface area contributed by atoms with E-state index < -0.39 is 35.7 Å². The van der Waals surface area contributed by atoms with E-state index in [1.54, 1.807) is 24.1 Å². The minimum atomic E-state index is -1.04. The Morgan fingerprint density at radius 3 is 2.39 bits per heavy atom. The first kappa shape index (κ1) is 21.0. The van der Waals surface area contributed by atoms with Crippen LogP contribution in [0.4, 0.5) is 15.8 Å². The molecule has 0 unspecified atom stereocenters. The molecular weight excluding hydrogens is 427 g/mol. The quantitative estimate of drug-likeness (QED) is 0.595. The molecule has 3 aromatic rings. The monoisotopic (exact) mass is 448 g/mol. The summed E-state index contributed by atoms with van der Waals surface area (Å²) in [6.45, 7) is 2.15. The number of halogens is 1. The molecule has 0 aliphatic carbocycles. The number of phenols is 1. The third-order valence-corrected chi connectivity index (χ3v) is 5.84. The van der Waals surface area contributed by atoms with Gasteiger partial charge in [-0.2, -0.15) is 0 Å². The van der Waals surface area contributed by atoms with Crippen LogP contribution in [0.15, 0.2) is 72.8 Å². The zero-order valence-corrected chi connectivity index (χ0v) is 17.7. The number of ether oxygens (including phenoxy) is 1. The van der Waals surface area contributed by atoms with E-state index in [2.05, 4.69) is 0 Å². The van der Waals surface area contributed by atoms with Gasteiger partial charge in [0.1, 0.15) is 11.7 Å². The molecule has 7 nitrogen and oxygen atoms in total. The predicted octanol–water partition coefficient (Wildman–Crippen LogP) is 3.98. The van der Waals surface area contributed by atoms with Crippen LogP contribution in [0.2, 0.25) is 0 Å². The molecule has 168 valence electrons. The van der Waals surface area contributed by atoms with Crippen molar-refractivity contribution in [1.29, 1.82) is 0 Å². The van der Waals surface area contributed by atoms with E-state index in [4.69, 9.17) is 9.57 Å². The lowest BCUT2D eigenvalue weighted by Gasteiger charge is -2.29. The topological polar surface area (TPSA) is 79.3 Å². The largest absolute Gasteiger partial charge is 0.504 e. The molecule has 2 saturated heterocycles. The number of hydrogen-bond donors (Lipinski definition) is 1. The molecular formula is C25H21FN2O5. The number of hydrogen-bond acceptors (Lipinski definition) is 6. The lowest BCUT2D eigenvalue weighted by molar-refractivity contribution is -0.126. The van der Waals surface area contributed by atoms with Crippen molar-refractivity contribution in [3.8, 4) is 11.5 Å². The molecule has 0 spiro atoms. The summed E-state index contributed by atoms with van der Waals surface area (Å²) >= 11 is 0. The molecule has 8 heteroatoms. The summed E-state index contributed by atoms with van der Waals surface area (Å²) in [6.07, 6.45) is -1.04. The number of imide groups is 1. The smallest absolute Gasteiger partial charge is 0.266 e. The minimum Gasteiger partial charge on any atom is -0.504 e. The van der Waals surface area contributed by atoms with Crippen LogP contribution in [-0.4, -0.2) is 29.6 Å². The molecule has 2 amide bonds. The number of carbonyl (C=O) groups excluding carboxylic acids is 2. The van der Waals surface area contributed by atoms with Crippen LogP contribution in [0.1, 0.15) is 18.5 Å². The van der Waals surface area contributed by atoms with Crippen molar-refractivity contribution in [2.45, 2.75) is 19.1 Å². The molecule has 0 radical (unpaired) electrons. The van der Waals surface area contributed by atoms with Crippen molar-refractivity contribution < 1.29 is 28.7 Å². The highest BCUT2D eigenvalue weighted by Crippen LogP contribution is 2.48. The van der Waals surface area contributed by atoms with Crippen LogP contribution >= 0.6 is 0 Å². The number of nitrogens with zero attached hydrogens (tertiary/aromatic N) is 2. The van der Waals surface area contributed by atoms with Crippen LogP contribution in [0.25, 0.3) is 0 Å². The molecule has 5 rings (SSSR count). The molecule has 3 aromatic carbocycles. The van der Waals surface area contributed by atoms with Crippen molar-refractivity contribution in [3.05, 3.63) is 84.2 Å². The lowest BCUT2D eigenvalue weighted by atomic mass is 9.90. The fourth-order valence-corrected chi connectivity index (χ4v) is 4.38. The van der Waals surface area contributed by atoms with E-state index in [1.807, 2.05) is 30.3 Å². The van der Waals surface area contributed by atoms with Crippen LogP contribution < -0.4 is 14.7 Å². The second-order valence-electron chi connectivity index (χ2n) is 7.81. The zero-order valence-electron chi connectivity index (χ0n) is 17.7. The Bertz CT molecular complexity index is 1200. The fraction of sp³-hybridized carbons (Fsp3) is 0.200. The van der Waals surface area contributed by atoms with Crippen LogP contribution in [0.3, 0.4) is 0 Å². The summed E-state index contributed by atoms with van der Waals surface area (Å²) in [5.41, 5.74) is 1.61.